The van der Waals surface area contributed by atoms with Crippen LogP contribution in [0.2, 0.25) is 0 Å². The lowest BCUT2D eigenvalue weighted by molar-refractivity contribution is -0.142. The summed E-state index contributed by atoms with van der Waals surface area (Å²) in [6.07, 6.45) is -1.51. The molecule has 0 aliphatic carbocycles. The first-order valence-corrected chi connectivity index (χ1v) is 10.8. The van der Waals surface area contributed by atoms with Gasteiger partial charge in [-0.2, -0.15) is 0 Å². The van der Waals surface area contributed by atoms with Crippen LogP contribution in [0.1, 0.15) is 17.5 Å². The summed E-state index contributed by atoms with van der Waals surface area (Å²) >= 11 is 0. The summed E-state index contributed by atoms with van der Waals surface area (Å²) in [5.74, 6) is -2.87. The molecule has 0 unspecified atom stereocenters. The molecule has 11 nitrogen and oxygen atoms in total. The average molecular weight is 472 g/mol. The third-order valence-electron chi connectivity index (χ3n) is 5.78. The fourth-order valence-corrected chi connectivity index (χ4v) is 3.79. The molecular weight excluding hydrogens is 442 g/mol. The Morgan fingerprint density at radius 2 is 1.68 bits per heavy atom. The number of nitrogens with two attached hydrogens (primary N) is 3. The number of carbonyl (C=O) groups excluding carboxylic acids is 2. The van der Waals surface area contributed by atoms with E-state index in [2.05, 4.69) is 10.6 Å². The molecule has 34 heavy (non-hydrogen) atoms. The highest BCUT2D eigenvalue weighted by atomic mass is 16.4. The van der Waals surface area contributed by atoms with Crippen LogP contribution in [-0.4, -0.2) is 63.9 Å². The first-order chi connectivity index (χ1) is 16.1. The fourth-order valence-electron chi connectivity index (χ4n) is 3.79. The van der Waals surface area contributed by atoms with Crippen LogP contribution < -0.4 is 27.8 Å². The van der Waals surface area contributed by atoms with E-state index in [1.165, 1.54) is 6.07 Å². The summed E-state index contributed by atoms with van der Waals surface area (Å²) < 4.78 is 0. The molecule has 1 aliphatic rings. The molecule has 1 aliphatic heterocycles. The van der Waals surface area contributed by atoms with Crippen LogP contribution in [0.4, 0.5) is 5.69 Å². The Kier molecular flexibility index (Phi) is 7.72. The minimum atomic E-state index is -1.35. The number of fused-ring (bicyclic) bond motifs is 5. The summed E-state index contributed by atoms with van der Waals surface area (Å²) in [5.41, 5.74) is 20.2. The van der Waals surface area contributed by atoms with Gasteiger partial charge in [-0.1, -0.05) is 12.1 Å². The third kappa shape index (κ3) is 5.81. The molecule has 0 radical (unpaired) electrons. The molecule has 0 saturated carbocycles. The molecule has 0 fully saturated rings. The van der Waals surface area contributed by atoms with Gasteiger partial charge in [0.25, 0.3) is 0 Å². The van der Waals surface area contributed by atoms with Gasteiger partial charge in [0.15, 0.2) is 0 Å². The maximum absolute atomic E-state index is 12.9. The van der Waals surface area contributed by atoms with E-state index in [1.54, 1.807) is 30.3 Å². The van der Waals surface area contributed by atoms with E-state index in [4.69, 9.17) is 17.2 Å². The second kappa shape index (κ2) is 10.5. The molecule has 0 spiro atoms. The van der Waals surface area contributed by atoms with Crippen LogP contribution in [0.3, 0.4) is 0 Å². The van der Waals surface area contributed by atoms with E-state index in [0.29, 0.717) is 27.9 Å². The number of amides is 2. The highest BCUT2D eigenvalue weighted by molar-refractivity contribution is 5.92. The molecule has 182 valence electrons. The van der Waals surface area contributed by atoms with Gasteiger partial charge in [0, 0.05) is 31.5 Å². The number of hydrogen-bond acceptors (Lipinski definition) is 8. The number of carboxylic acids is 1. The van der Waals surface area contributed by atoms with Crippen molar-refractivity contribution < 1.29 is 29.7 Å². The van der Waals surface area contributed by atoms with Crippen molar-refractivity contribution in [3.8, 4) is 16.9 Å². The van der Waals surface area contributed by atoms with Crippen LogP contribution in [0.5, 0.6) is 5.75 Å². The summed E-state index contributed by atoms with van der Waals surface area (Å²) in [6, 6.07) is 6.17. The smallest absolute Gasteiger partial charge is 0.326 e. The monoisotopic (exact) mass is 471 g/mol. The number of nitrogen functional groups attached to an aromatic ring is 1. The van der Waals surface area contributed by atoms with Crippen molar-refractivity contribution in [2.24, 2.45) is 11.5 Å². The lowest BCUT2D eigenvalue weighted by Gasteiger charge is -2.24. The Morgan fingerprint density at radius 3 is 2.32 bits per heavy atom. The fraction of sp³-hybridized carbons (Fsp3) is 0.348. The molecule has 4 bridgehead atoms. The molecule has 1 heterocycles. The number of carboxylic acid groups (broad SMARTS) is 1. The minimum Gasteiger partial charge on any atom is -0.508 e. The first-order valence-electron chi connectivity index (χ1n) is 10.8. The number of phenolic OH excluding ortho intramolecular Hbond substituents is 1. The number of aromatic hydroxyl groups is 1. The maximum atomic E-state index is 12.9. The van der Waals surface area contributed by atoms with E-state index in [1.807, 2.05) is 0 Å². The molecule has 0 saturated heterocycles. The predicted octanol–water partition coefficient (Wildman–Crippen LogP) is -1.17. The normalized spacial score (nSPS) is 22.0. The molecule has 4 atom stereocenters. The zero-order valence-corrected chi connectivity index (χ0v) is 18.4. The maximum Gasteiger partial charge on any atom is 0.326 e. The molecule has 2 amide bonds. The SMILES string of the molecule is NC[C@H](O)C[C@@H]1NC(=O)[C@@H](N)Cc2cc(ccc2O)-c2ccc(N)c(c2)C[C@@H](C(=O)O)NC1=O. The predicted molar refractivity (Wildman–Crippen MR) is 125 cm³/mol. The number of nitrogens with one attached hydrogen (secondary N) is 2. The van der Waals surface area contributed by atoms with Gasteiger partial charge in [-0.3, -0.25) is 9.59 Å². The van der Waals surface area contributed by atoms with E-state index in [-0.39, 0.29) is 31.6 Å². The van der Waals surface area contributed by atoms with Crippen LogP contribution in [0, 0.1) is 0 Å². The molecule has 0 aromatic heterocycles. The van der Waals surface area contributed by atoms with Gasteiger partial charge < -0.3 is 43.2 Å². The van der Waals surface area contributed by atoms with E-state index in [9.17, 15) is 29.7 Å². The Bertz CT molecular complexity index is 1090. The Morgan fingerprint density at radius 1 is 1.03 bits per heavy atom. The number of hydrogen-bond donors (Lipinski definition) is 8. The summed E-state index contributed by atoms with van der Waals surface area (Å²) in [7, 11) is 0. The molecule has 11 heteroatoms. The zero-order valence-electron chi connectivity index (χ0n) is 18.4. The molecular formula is C23H29N5O6. The molecule has 11 N–H and O–H groups in total. The number of aliphatic carboxylic acids is 1. The van der Waals surface area contributed by atoms with E-state index >= 15 is 0 Å². The van der Waals surface area contributed by atoms with Crippen LogP contribution in [-0.2, 0) is 27.2 Å². The first kappa shape index (κ1) is 25.0. The average Bonchev–Trinajstić information content (AvgIpc) is 2.79. The van der Waals surface area contributed by atoms with E-state index in [0.717, 1.165) is 0 Å². The van der Waals surface area contributed by atoms with Crippen LogP contribution >= 0.6 is 0 Å². The standard InChI is InChI=1S/C23H29N5O6/c24-10-15(29)9-18-22(32)28-19(23(33)34)8-13-5-11(1-3-16(13)25)12-2-4-20(30)14(6-12)7-17(26)21(31)27-18/h1-6,15,17-19,29-30H,7-10,24-26H2,(H,27,31)(H,28,32)(H,33,34)/t15-,17+,18+,19+/m1/s1. The second-order valence-electron chi connectivity index (χ2n) is 8.36. The van der Waals surface area contributed by atoms with E-state index < -0.39 is 42.0 Å². The minimum absolute atomic E-state index is 0.0289. The summed E-state index contributed by atoms with van der Waals surface area (Å²) in [5, 5.41) is 34.9. The topological polar surface area (TPSA) is 214 Å². The van der Waals surface area contributed by atoms with Crippen molar-refractivity contribution in [1.82, 2.24) is 10.6 Å². The van der Waals surface area contributed by atoms with Gasteiger partial charge in [0.05, 0.1) is 12.1 Å². The van der Waals surface area contributed by atoms with Crippen molar-refractivity contribution in [3.63, 3.8) is 0 Å². The Balaban J connectivity index is 2.09. The lowest BCUT2D eigenvalue weighted by atomic mass is 9.95. The van der Waals surface area contributed by atoms with Crippen molar-refractivity contribution in [2.45, 2.75) is 43.5 Å². The van der Waals surface area contributed by atoms with Gasteiger partial charge in [-0.05, 0) is 46.5 Å². The highest BCUT2D eigenvalue weighted by Gasteiger charge is 2.30. The van der Waals surface area contributed by atoms with Gasteiger partial charge >= 0.3 is 5.97 Å². The highest BCUT2D eigenvalue weighted by Crippen LogP contribution is 2.29. The zero-order chi connectivity index (χ0) is 25.0. The number of aliphatic hydroxyl groups is 1. The number of benzene rings is 2. The van der Waals surface area contributed by atoms with Gasteiger partial charge in [0.1, 0.15) is 17.8 Å². The third-order valence-corrected chi connectivity index (χ3v) is 5.78. The van der Waals surface area contributed by atoms with Crippen molar-refractivity contribution >= 4 is 23.5 Å². The van der Waals surface area contributed by atoms with Crippen molar-refractivity contribution in [2.75, 3.05) is 12.3 Å². The molecule has 3 rings (SSSR count). The number of anilines is 1. The lowest BCUT2D eigenvalue weighted by Crippen LogP contribution is -2.56. The summed E-state index contributed by atoms with van der Waals surface area (Å²) in [6.45, 7) is -0.169. The van der Waals surface area contributed by atoms with Gasteiger partial charge in [-0.15, -0.1) is 0 Å². The Hall–Kier alpha value is -3.67. The van der Waals surface area contributed by atoms with Crippen LogP contribution in [0.15, 0.2) is 36.4 Å². The number of aliphatic hydroxyl groups excluding tert-OH is 1. The van der Waals surface area contributed by atoms with Crippen LogP contribution in [0.25, 0.3) is 11.1 Å². The quantitative estimate of drug-likeness (QED) is 0.252. The Labute approximate surface area is 195 Å². The summed E-state index contributed by atoms with van der Waals surface area (Å²) in [4.78, 5) is 37.6. The van der Waals surface area contributed by atoms with Crippen molar-refractivity contribution in [3.05, 3.63) is 47.5 Å². The number of carbonyl (C=O) groups is 3. The molecule has 2 aromatic carbocycles. The van der Waals surface area contributed by atoms with Crippen molar-refractivity contribution in [1.29, 1.82) is 0 Å². The second-order valence-corrected chi connectivity index (χ2v) is 8.36. The largest absolute Gasteiger partial charge is 0.508 e. The number of rotatable bonds is 4. The molecule has 2 aromatic rings. The number of phenols is 1. The van der Waals surface area contributed by atoms with Gasteiger partial charge in [-0.25, -0.2) is 4.79 Å². The van der Waals surface area contributed by atoms with Gasteiger partial charge in [0.2, 0.25) is 11.8 Å².